The summed E-state index contributed by atoms with van der Waals surface area (Å²) >= 11 is 0. The van der Waals surface area contributed by atoms with Crippen LogP contribution >= 0.6 is 0 Å². The highest BCUT2D eigenvalue weighted by Crippen LogP contribution is 2.22. The third-order valence-corrected chi connectivity index (χ3v) is 3.77. The minimum Gasteiger partial charge on any atom is -0.465 e. The molecule has 1 atom stereocenters. The lowest BCUT2D eigenvalue weighted by Crippen LogP contribution is -2.48. The zero-order valence-corrected chi connectivity index (χ0v) is 12.0. The van der Waals surface area contributed by atoms with E-state index < -0.39 is 5.97 Å². The van der Waals surface area contributed by atoms with Crippen molar-refractivity contribution in [2.75, 3.05) is 25.5 Å². The molecule has 1 unspecified atom stereocenters. The van der Waals surface area contributed by atoms with Crippen LogP contribution in [0.15, 0.2) is 18.2 Å². The number of carbonyl (C=O) groups is 2. The molecule has 1 aromatic rings. The second-order valence-corrected chi connectivity index (χ2v) is 5.24. The van der Waals surface area contributed by atoms with E-state index in [2.05, 4.69) is 10.6 Å². The van der Waals surface area contributed by atoms with Gasteiger partial charge in [0.1, 0.15) is 0 Å². The summed E-state index contributed by atoms with van der Waals surface area (Å²) in [6, 6.07) is 5.32. The van der Waals surface area contributed by atoms with E-state index in [0.717, 1.165) is 18.7 Å². The molecule has 2 rings (SSSR count). The van der Waals surface area contributed by atoms with Crippen molar-refractivity contribution in [3.05, 3.63) is 29.3 Å². The van der Waals surface area contributed by atoms with Gasteiger partial charge in [-0.05, 0) is 38.1 Å². The molecule has 0 spiro atoms. The first kappa shape index (κ1) is 14.5. The van der Waals surface area contributed by atoms with Gasteiger partial charge in [0.15, 0.2) is 0 Å². The fourth-order valence-corrected chi connectivity index (χ4v) is 2.17. The molecular formula is C15H20N2O3. The largest absolute Gasteiger partial charge is 0.465 e. The van der Waals surface area contributed by atoms with Gasteiger partial charge in [-0.25, -0.2) is 4.79 Å². The maximum absolute atomic E-state index is 12.2. The molecule has 0 bridgehead atoms. The molecule has 1 heterocycles. The second kappa shape index (κ2) is 6.05. The third-order valence-electron chi connectivity index (χ3n) is 3.77. The molecule has 0 aromatic heterocycles. The Hall–Kier alpha value is -1.88. The fourth-order valence-electron chi connectivity index (χ4n) is 2.17. The highest BCUT2D eigenvalue weighted by atomic mass is 16.5. The standard InChI is InChI=1S/C15H20N2O3/c1-9-4-5-13(12(6-9)15(19)20-3)17-14(18)10(2)11-7-16-8-11/h4-6,10-11,16H,7-8H2,1-3H3,(H,17,18). The molecule has 1 aliphatic rings. The minimum atomic E-state index is -0.443. The highest BCUT2D eigenvalue weighted by molar-refractivity contribution is 6.02. The fraction of sp³-hybridized carbons (Fsp3) is 0.467. The predicted molar refractivity (Wildman–Crippen MR) is 76.7 cm³/mol. The maximum atomic E-state index is 12.2. The number of aryl methyl sites for hydroxylation is 1. The molecule has 2 N–H and O–H groups in total. The molecule has 20 heavy (non-hydrogen) atoms. The molecule has 0 radical (unpaired) electrons. The van der Waals surface area contributed by atoms with Crippen molar-refractivity contribution in [1.29, 1.82) is 0 Å². The lowest BCUT2D eigenvalue weighted by molar-refractivity contribution is -0.121. The maximum Gasteiger partial charge on any atom is 0.339 e. The van der Waals surface area contributed by atoms with E-state index in [0.29, 0.717) is 17.2 Å². The normalized spacial score (nSPS) is 16.1. The number of ether oxygens (including phenoxy) is 1. The zero-order valence-electron chi connectivity index (χ0n) is 12.0. The topological polar surface area (TPSA) is 67.4 Å². The van der Waals surface area contributed by atoms with Crippen molar-refractivity contribution in [3.63, 3.8) is 0 Å². The van der Waals surface area contributed by atoms with E-state index in [-0.39, 0.29) is 11.8 Å². The monoisotopic (exact) mass is 276 g/mol. The van der Waals surface area contributed by atoms with Gasteiger partial charge in [0.2, 0.25) is 5.91 Å². The van der Waals surface area contributed by atoms with Crippen LogP contribution < -0.4 is 10.6 Å². The van der Waals surface area contributed by atoms with E-state index in [9.17, 15) is 9.59 Å². The van der Waals surface area contributed by atoms with Crippen LogP contribution in [0.1, 0.15) is 22.8 Å². The van der Waals surface area contributed by atoms with Gasteiger partial charge in [0.25, 0.3) is 0 Å². The number of carbonyl (C=O) groups excluding carboxylic acids is 2. The summed E-state index contributed by atoms with van der Waals surface area (Å²) in [5, 5.41) is 5.99. The highest BCUT2D eigenvalue weighted by Gasteiger charge is 2.29. The van der Waals surface area contributed by atoms with E-state index >= 15 is 0 Å². The smallest absolute Gasteiger partial charge is 0.339 e. The van der Waals surface area contributed by atoms with Gasteiger partial charge in [0, 0.05) is 5.92 Å². The third kappa shape index (κ3) is 2.99. The Morgan fingerprint density at radius 2 is 2.10 bits per heavy atom. The minimum absolute atomic E-state index is 0.0643. The number of amides is 1. The average molecular weight is 276 g/mol. The Kier molecular flexibility index (Phi) is 4.39. The van der Waals surface area contributed by atoms with Crippen LogP contribution in [0.3, 0.4) is 0 Å². The SMILES string of the molecule is COC(=O)c1cc(C)ccc1NC(=O)C(C)C1CNC1. The number of rotatable bonds is 4. The van der Waals surface area contributed by atoms with Gasteiger partial charge in [-0.1, -0.05) is 18.6 Å². The molecular weight excluding hydrogens is 256 g/mol. The summed E-state index contributed by atoms with van der Waals surface area (Å²) in [5.74, 6) is -0.224. The molecule has 1 aliphatic heterocycles. The number of esters is 1. The van der Waals surface area contributed by atoms with Gasteiger partial charge in [0.05, 0.1) is 18.4 Å². The van der Waals surface area contributed by atoms with Crippen LogP contribution in [0, 0.1) is 18.8 Å². The number of nitrogens with one attached hydrogen (secondary N) is 2. The number of anilines is 1. The molecule has 1 aromatic carbocycles. The second-order valence-electron chi connectivity index (χ2n) is 5.24. The van der Waals surface area contributed by atoms with Crippen LogP contribution in [-0.4, -0.2) is 32.1 Å². The summed E-state index contributed by atoms with van der Waals surface area (Å²) in [6.45, 7) is 5.53. The van der Waals surface area contributed by atoms with Crippen molar-refractivity contribution in [3.8, 4) is 0 Å². The number of methoxy groups -OCH3 is 1. The first-order chi connectivity index (χ1) is 9.52. The lowest BCUT2D eigenvalue weighted by Gasteiger charge is -2.31. The van der Waals surface area contributed by atoms with E-state index in [4.69, 9.17) is 4.74 Å². The summed E-state index contributed by atoms with van der Waals surface area (Å²) in [5.41, 5.74) is 1.84. The predicted octanol–water partition coefficient (Wildman–Crippen LogP) is 1.58. The van der Waals surface area contributed by atoms with E-state index in [1.54, 1.807) is 12.1 Å². The van der Waals surface area contributed by atoms with E-state index in [1.165, 1.54) is 7.11 Å². The first-order valence-corrected chi connectivity index (χ1v) is 6.73. The molecule has 108 valence electrons. The molecule has 5 nitrogen and oxygen atoms in total. The Balaban J connectivity index is 2.15. The van der Waals surface area contributed by atoms with Crippen molar-refractivity contribution in [2.24, 2.45) is 11.8 Å². The Morgan fingerprint density at radius 1 is 1.40 bits per heavy atom. The Morgan fingerprint density at radius 3 is 2.65 bits per heavy atom. The van der Waals surface area contributed by atoms with Crippen molar-refractivity contribution < 1.29 is 14.3 Å². The molecule has 1 saturated heterocycles. The van der Waals surface area contributed by atoms with Crippen LogP contribution in [0.5, 0.6) is 0 Å². The molecule has 0 saturated carbocycles. The average Bonchev–Trinajstić information content (AvgIpc) is 2.37. The van der Waals surface area contributed by atoms with Crippen LogP contribution in [-0.2, 0) is 9.53 Å². The molecule has 1 fully saturated rings. The van der Waals surface area contributed by atoms with Crippen LogP contribution in [0.25, 0.3) is 0 Å². The summed E-state index contributed by atoms with van der Waals surface area (Å²) < 4.78 is 4.75. The molecule has 1 amide bonds. The zero-order chi connectivity index (χ0) is 14.7. The summed E-state index contributed by atoms with van der Waals surface area (Å²) in [4.78, 5) is 24.0. The van der Waals surface area contributed by atoms with Gasteiger partial charge in [-0.3, -0.25) is 4.79 Å². The quantitative estimate of drug-likeness (QED) is 0.819. The lowest BCUT2D eigenvalue weighted by atomic mass is 9.88. The van der Waals surface area contributed by atoms with Crippen molar-refractivity contribution >= 4 is 17.6 Å². The Labute approximate surface area is 118 Å². The van der Waals surface area contributed by atoms with Gasteiger partial charge < -0.3 is 15.4 Å². The summed E-state index contributed by atoms with van der Waals surface area (Å²) in [7, 11) is 1.33. The number of benzene rings is 1. The van der Waals surface area contributed by atoms with Crippen LogP contribution in [0.4, 0.5) is 5.69 Å². The first-order valence-electron chi connectivity index (χ1n) is 6.73. The van der Waals surface area contributed by atoms with Gasteiger partial charge >= 0.3 is 5.97 Å². The molecule has 0 aliphatic carbocycles. The van der Waals surface area contributed by atoms with Crippen molar-refractivity contribution in [2.45, 2.75) is 13.8 Å². The Bertz CT molecular complexity index is 524. The van der Waals surface area contributed by atoms with E-state index in [1.807, 2.05) is 19.9 Å². The number of hydrogen-bond acceptors (Lipinski definition) is 4. The van der Waals surface area contributed by atoms with Gasteiger partial charge in [-0.15, -0.1) is 0 Å². The van der Waals surface area contributed by atoms with Gasteiger partial charge in [-0.2, -0.15) is 0 Å². The van der Waals surface area contributed by atoms with Crippen molar-refractivity contribution in [1.82, 2.24) is 5.32 Å². The summed E-state index contributed by atoms with van der Waals surface area (Å²) in [6.07, 6.45) is 0. The van der Waals surface area contributed by atoms with Crippen LogP contribution in [0.2, 0.25) is 0 Å². The molecule has 5 heteroatoms. The number of hydrogen-bond donors (Lipinski definition) is 2.